The Hall–Kier alpha value is -3.39. The molecule has 2 aromatic carbocycles. The minimum absolute atomic E-state index is 0.252. The topological polar surface area (TPSA) is 76.6 Å². The molecule has 0 radical (unpaired) electrons. The van der Waals surface area contributed by atoms with Crippen LogP contribution >= 0.6 is 11.8 Å². The SMILES string of the molecule is Cc1cc2nc(CSc3ccc(NC(=O)c4ccc(F)cc4)cc3)cc(=O)n2o1. The molecular weight excluding hydrogens is 393 g/mol. The number of amides is 1. The molecule has 6 nitrogen and oxygen atoms in total. The van der Waals surface area contributed by atoms with Crippen molar-refractivity contribution in [2.24, 2.45) is 0 Å². The summed E-state index contributed by atoms with van der Waals surface area (Å²) in [4.78, 5) is 29.6. The van der Waals surface area contributed by atoms with Crippen molar-refractivity contribution in [3.63, 3.8) is 0 Å². The molecule has 4 aromatic rings. The normalized spacial score (nSPS) is 11.0. The number of aryl methyl sites for hydroxylation is 1. The Labute approximate surface area is 169 Å². The highest BCUT2D eigenvalue weighted by Crippen LogP contribution is 2.24. The number of hydrogen-bond donors (Lipinski definition) is 1. The molecule has 2 heterocycles. The molecule has 0 saturated carbocycles. The molecule has 0 spiro atoms. The fraction of sp³-hybridized carbons (Fsp3) is 0.0952. The number of benzene rings is 2. The Bertz CT molecular complexity index is 1230. The van der Waals surface area contributed by atoms with E-state index in [1.165, 1.54) is 46.7 Å². The van der Waals surface area contributed by atoms with Crippen LogP contribution in [0.25, 0.3) is 5.65 Å². The molecular formula is C21H16FN3O3S. The van der Waals surface area contributed by atoms with E-state index in [9.17, 15) is 14.0 Å². The molecule has 29 heavy (non-hydrogen) atoms. The molecule has 0 aliphatic carbocycles. The average molecular weight is 409 g/mol. The predicted octanol–water partition coefficient (Wildman–Crippen LogP) is 4.28. The van der Waals surface area contributed by atoms with E-state index in [4.69, 9.17) is 4.52 Å². The van der Waals surface area contributed by atoms with Crippen LogP contribution < -0.4 is 10.9 Å². The lowest BCUT2D eigenvalue weighted by Crippen LogP contribution is -2.12. The van der Waals surface area contributed by atoms with E-state index < -0.39 is 0 Å². The zero-order valence-corrected chi connectivity index (χ0v) is 16.2. The first-order valence-electron chi connectivity index (χ1n) is 8.77. The maximum Gasteiger partial charge on any atom is 0.287 e. The van der Waals surface area contributed by atoms with Gasteiger partial charge in [0.2, 0.25) is 0 Å². The Morgan fingerprint density at radius 3 is 2.59 bits per heavy atom. The molecule has 0 atom stereocenters. The summed E-state index contributed by atoms with van der Waals surface area (Å²) in [6.45, 7) is 1.76. The van der Waals surface area contributed by atoms with Gasteiger partial charge in [-0.15, -0.1) is 16.3 Å². The fourth-order valence-electron chi connectivity index (χ4n) is 2.74. The first kappa shape index (κ1) is 18.9. The smallest absolute Gasteiger partial charge is 0.287 e. The van der Waals surface area contributed by atoms with Crippen LogP contribution in [0.2, 0.25) is 0 Å². The van der Waals surface area contributed by atoms with Gasteiger partial charge in [-0.1, -0.05) is 0 Å². The van der Waals surface area contributed by atoms with E-state index in [-0.39, 0.29) is 17.3 Å². The number of nitrogens with zero attached hydrogens (tertiary/aromatic N) is 2. The van der Waals surface area contributed by atoms with E-state index in [0.717, 1.165) is 4.90 Å². The van der Waals surface area contributed by atoms with Gasteiger partial charge in [0.1, 0.15) is 11.6 Å². The molecule has 1 amide bonds. The summed E-state index contributed by atoms with van der Waals surface area (Å²) in [5.74, 6) is 0.454. The first-order chi connectivity index (χ1) is 14.0. The fourth-order valence-corrected chi connectivity index (χ4v) is 3.53. The lowest BCUT2D eigenvalue weighted by molar-refractivity contribution is 0.102. The van der Waals surface area contributed by atoms with Crippen molar-refractivity contribution in [1.29, 1.82) is 0 Å². The summed E-state index contributed by atoms with van der Waals surface area (Å²) in [6.07, 6.45) is 0. The summed E-state index contributed by atoms with van der Waals surface area (Å²) in [7, 11) is 0. The Morgan fingerprint density at radius 1 is 1.14 bits per heavy atom. The Kier molecular flexibility index (Phi) is 5.18. The second-order valence-electron chi connectivity index (χ2n) is 6.36. The summed E-state index contributed by atoms with van der Waals surface area (Å²) in [6, 6.07) is 15.9. The van der Waals surface area contributed by atoms with Crippen molar-refractivity contribution in [1.82, 2.24) is 9.56 Å². The third-order valence-electron chi connectivity index (χ3n) is 4.13. The van der Waals surface area contributed by atoms with E-state index in [1.807, 2.05) is 12.1 Å². The van der Waals surface area contributed by atoms with Gasteiger partial charge in [-0.25, -0.2) is 9.37 Å². The number of rotatable bonds is 5. The van der Waals surface area contributed by atoms with Gasteiger partial charge in [0, 0.05) is 34.0 Å². The van der Waals surface area contributed by atoms with Gasteiger partial charge in [-0.3, -0.25) is 9.59 Å². The number of halogens is 1. The van der Waals surface area contributed by atoms with Crippen molar-refractivity contribution < 1.29 is 13.7 Å². The monoisotopic (exact) mass is 409 g/mol. The second kappa shape index (κ2) is 7.92. The summed E-state index contributed by atoms with van der Waals surface area (Å²) < 4.78 is 19.4. The highest BCUT2D eigenvalue weighted by molar-refractivity contribution is 7.98. The van der Waals surface area contributed by atoms with E-state index >= 15 is 0 Å². The highest BCUT2D eigenvalue weighted by Gasteiger charge is 2.08. The minimum Gasteiger partial charge on any atom is -0.375 e. The Balaban J connectivity index is 1.40. The predicted molar refractivity (Wildman–Crippen MR) is 109 cm³/mol. The minimum atomic E-state index is -0.387. The largest absolute Gasteiger partial charge is 0.375 e. The average Bonchev–Trinajstić information content (AvgIpc) is 3.09. The van der Waals surface area contributed by atoms with Crippen molar-refractivity contribution in [2.75, 3.05) is 5.32 Å². The molecule has 1 N–H and O–H groups in total. The van der Waals surface area contributed by atoms with Crippen LogP contribution in [-0.4, -0.2) is 15.5 Å². The molecule has 8 heteroatoms. The molecule has 2 aromatic heterocycles. The van der Waals surface area contributed by atoms with Crippen LogP contribution in [0.15, 0.2) is 74.9 Å². The van der Waals surface area contributed by atoms with Crippen molar-refractivity contribution in [3.8, 4) is 0 Å². The summed E-state index contributed by atoms with van der Waals surface area (Å²) in [5.41, 5.74) is 1.92. The number of hydrogen-bond acceptors (Lipinski definition) is 5. The number of carbonyl (C=O) groups excluding carboxylic acids is 1. The number of fused-ring (bicyclic) bond motifs is 1. The molecule has 146 valence electrons. The third kappa shape index (κ3) is 4.38. The zero-order chi connectivity index (χ0) is 20.4. The number of carbonyl (C=O) groups is 1. The van der Waals surface area contributed by atoms with Crippen LogP contribution in [0.4, 0.5) is 10.1 Å². The maximum absolute atomic E-state index is 13.0. The van der Waals surface area contributed by atoms with Gasteiger partial charge in [0.15, 0.2) is 5.65 Å². The van der Waals surface area contributed by atoms with Gasteiger partial charge in [-0.05, 0) is 55.5 Å². The second-order valence-corrected chi connectivity index (χ2v) is 7.41. The van der Waals surface area contributed by atoms with Crippen LogP contribution in [0.3, 0.4) is 0 Å². The number of anilines is 1. The van der Waals surface area contributed by atoms with Gasteiger partial charge < -0.3 is 9.84 Å². The summed E-state index contributed by atoms with van der Waals surface area (Å²) in [5, 5.41) is 2.77. The van der Waals surface area contributed by atoms with Crippen molar-refractivity contribution in [3.05, 3.63) is 93.9 Å². The van der Waals surface area contributed by atoms with Gasteiger partial charge in [0.25, 0.3) is 11.5 Å². The molecule has 0 aliphatic rings. The molecule has 4 rings (SSSR count). The lowest BCUT2D eigenvalue weighted by atomic mass is 10.2. The first-order valence-corrected chi connectivity index (χ1v) is 9.76. The molecule has 0 fully saturated rings. The van der Waals surface area contributed by atoms with E-state index in [0.29, 0.717) is 34.1 Å². The number of aromatic nitrogens is 2. The molecule has 0 saturated heterocycles. The molecule has 0 aliphatic heterocycles. The van der Waals surface area contributed by atoms with Gasteiger partial charge in [-0.2, -0.15) is 0 Å². The highest BCUT2D eigenvalue weighted by atomic mass is 32.2. The standard InChI is InChI=1S/C21H16FN3O3S/c1-13-10-19-23-17(11-20(26)25(19)28-13)12-29-18-8-6-16(7-9-18)24-21(27)14-2-4-15(22)5-3-14/h2-11H,12H2,1H3,(H,24,27). The van der Waals surface area contributed by atoms with Crippen LogP contribution in [0.1, 0.15) is 21.8 Å². The van der Waals surface area contributed by atoms with E-state index in [2.05, 4.69) is 10.3 Å². The van der Waals surface area contributed by atoms with Gasteiger partial charge in [0.05, 0.1) is 5.69 Å². The summed E-state index contributed by atoms with van der Waals surface area (Å²) >= 11 is 1.53. The lowest BCUT2D eigenvalue weighted by Gasteiger charge is -2.07. The van der Waals surface area contributed by atoms with Gasteiger partial charge >= 0.3 is 0 Å². The number of thioether (sulfide) groups is 1. The van der Waals surface area contributed by atoms with Crippen LogP contribution in [0, 0.1) is 12.7 Å². The number of nitrogens with one attached hydrogen (secondary N) is 1. The van der Waals surface area contributed by atoms with E-state index in [1.54, 1.807) is 25.1 Å². The Morgan fingerprint density at radius 2 is 1.86 bits per heavy atom. The van der Waals surface area contributed by atoms with Crippen molar-refractivity contribution >= 4 is 29.0 Å². The zero-order valence-electron chi connectivity index (χ0n) is 15.4. The third-order valence-corrected chi connectivity index (χ3v) is 5.18. The molecule has 0 unspecified atom stereocenters. The van der Waals surface area contributed by atoms with Crippen molar-refractivity contribution in [2.45, 2.75) is 17.6 Å². The molecule has 0 bridgehead atoms. The van der Waals surface area contributed by atoms with Crippen LogP contribution in [-0.2, 0) is 5.75 Å². The quantitative estimate of drug-likeness (QED) is 0.498. The van der Waals surface area contributed by atoms with Crippen LogP contribution in [0.5, 0.6) is 0 Å². The maximum atomic E-state index is 13.0.